The van der Waals surface area contributed by atoms with Crippen molar-refractivity contribution in [1.29, 1.82) is 0 Å². The van der Waals surface area contributed by atoms with Crippen molar-refractivity contribution in [1.82, 2.24) is 0 Å². The van der Waals surface area contributed by atoms with E-state index in [1.165, 1.54) is 16.9 Å². The van der Waals surface area contributed by atoms with Crippen molar-refractivity contribution in [2.75, 3.05) is 26.5 Å². The van der Waals surface area contributed by atoms with Crippen LogP contribution in [0.15, 0.2) is 41.3 Å². The molecule has 1 heterocycles. The van der Waals surface area contributed by atoms with Gasteiger partial charge in [-0.15, -0.1) is 11.8 Å². The number of phenols is 1. The Balaban J connectivity index is 1.68. The predicted octanol–water partition coefficient (Wildman–Crippen LogP) is 3.45. The Bertz CT molecular complexity index is 810. The molecule has 1 aliphatic heterocycles. The first-order valence-electron chi connectivity index (χ1n) is 9.09. The molecule has 2 N–H and O–H groups in total. The van der Waals surface area contributed by atoms with Gasteiger partial charge in [-0.1, -0.05) is 23.7 Å². The first-order valence-corrected chi connectivity index (χ1v) is 10.7. The molecule has 3 rings (SSSR count). The van der Waals surface area contributed by atoms with Gasteiger partial charge in [-0.05, 0) is 43.4 Å². The quantitative estimate of drug-likeness (QED) is 0.569. The Kier molecular flexibility index (Phi) is 6.68. The summed E-state index contributed by atoms with van der Waals surface area (Å²) in [7, 11) is 1.51. The summed E-state index contributed by atoms with van der Waals surface area (Å²) in [4.78, 5) is 15.4. The molecule has 0 radical (unpaired) electrons. The van der Waals surface area contributed by atoms with Gasteiger partial charge in [-0.3, -0.25) is 4.79 Å². The number of carbonyl (C=O) groups excluding carboxylic acids is 1. The second-order valence-electron chi connectivity index (χ2n) is 6.94. The Labute approximate surface area is 169 Å². The third kappa shape index (κ3) is 4.78. The third-order valence-corrected chi connectivity index (χ3v) is 6.16. The zero-order valence-corrected chi connectivity index (χ0v) is 17.2. The van der Waals surface area contributed by atoms with E-state index < -0.39 is 0 Å². The molecule has 0 amide bonds. The number of ketones is 1. The van der Waals surface area contributed by atoms with Crippen molar-refractivity contribution in [3.63, 3.8) is 0 Å². The van der Waals surface area contributed by atoms with E-state index in [1.807, 2.05) is 36.6 Å². The summed E-state index contributed by atoms with van der Waals surface area (Å²) in [5.41, 5.74) is 1.80. The molecule has 2 atom stereocenters. The first kappa shape index (κ1) is 20.1. The molecule has 1 saturated heterocycles. The van der Waals surface area contributed by atoms with Crippen LogP contribution in [0.5, 0.6) is 11.5 Å². The van der Waals surface area contributed by atoms with E-state index in [0.29, 0.717) is 10.8 Å². The average Bonchev–Trinajstić information content (AvgIpc) is 2.70. The van der Waals surface area contributed by atoms with Gasteiger partial charge in [0, 0.05) is 16.0 Å². The van der Waals surface area contributed by atoms with Crippen LogP contribution in [0.3, 0.4) is 0 Å². The predicted molar refractivity (Wildman–Crippen MR) is 109 cm³/mol. The molecule has 2 aromatic carbocycles. The van der Waals surface area contributed by atoms with Crippen LogP contribution < -0.4 is 9.64 Å². The van der Waals surface area contributed by atoms with Gasteiger partial charge in [-0.25, -0.2) is 0 Å². The highest BCUT2D eigenvalue weighted by atomic mass is 35.5. The van der Waals surface area contributed by atoms with Crippen LogP contribution in [0.1, 0.15) is 28.8 Å². The second-order valence-corrected chi connectivity index (χ2v) is 8.23. The number of methoxy groups -OCH3 is 1. The Morgan fingerprint density at radius 3 is 2.74 bits per heavy atom. The maximum atomic E-state index is 12.9. The fraction of sp³-hybridized carbons (Fsp3) is 0.381. The van der Waals surface area contributed by atoms with Gasteiger partial charge in [0.1, 0.15) is 6.54 Å². The van der Waals surface area contributed by atoms with Crippen LogP contribution in [-0.2, 0) is 6.54 Å². The zero-order chi connectivity index (χ0) is 19.4. The van der Waals surface area contributed by atoms with Crippen molar-refractivity contribution in [3.8, 4) is 11.5 Å². The van der Waals surface area contributed by atoms with Crippen molar-refractivity contribution < 1.29 is 19.5 Å². The summed E-state index contributed by atoms with van der Waals surface area (Å²) in [6.45, 7) is 2.59. The van der Waals surface area contributed by atoms with E-state index in [4.69, 9.17) is 16.3 Å². The summed E-state index contributed by atoms with van der Waals surface area (Å²) in [5, 5.41) is 10.2. The number of hydrogen-bond acceptors (Lipinski definition) is 4. The fourth-order valence-electron chi connectivity index (χ4n) is 3.70. The minimum Gasteiger partial charge on any atom is -0.503 e. The first-order chi connectivity index (χ1) is 13.0. The normalized spacial score (nSPS) is 19.7. The number of likely N-dealkylation sites (tertiary alicyclic amines) is 1. The molecule has 0 saturated carbocycles. The number of benzene rings is 2. The van der Waals surface area contributed by atoms with E-state index in [2.05, 4.69) is 0 Å². The topological polar surface area (TPSA) is 51.0 Å². The smallest absolute Gasteiger partial charge is 0.176 e. The van der Waals surface area contributed by atoms with Gasteiger partial charge < -0.3 is 14.7 Å². The van der Waals surface area contributed by atoms with Crippen LogP contribution in [0, 0.1) is 5.92 Å². The molecule has 0 aliphatic carbocycles. The SMILES string of the molecule is COc1cc(C[NH+]2CCCC(C(=O)c3ccc(SC)cc3)C2)cc(Cl)c1O. The Morgan fingerprint density at radius 2 is 2.07 bits per heavy atom. The number of piperidine rings is 1. The monoisotopic (exact) mass is 406 g/mol. The van der Waals surface area contributed by atoms with Crippen LogP contribution >= 0.6 is 23.4 Å². The van der Waals surface area contributed by atoms with Gasteiger partial charge in [-0.2, -0.15) is 0 Å². The molecular weight excluding hydrogens is 382 g/mol. The van der Waals surface area contributed by atoms with Crippen molar-refractivity contribution >= 4 is 29.1 Å². The lowest BCUT2D eigenvalue weighted by atomic mass is 9.90. The van der Waals surface area contributed by atoms with E-state index in [0.717, 1.165) is 43.6 Å². The number of quaternary nitrogens is 1. The number of carbonyl (C=O) groups is 1. The lowest BCUT2D eigenvalue weighted by Crippen LogP contribution is -3.12. The van der Waals surface area contributed by atoms with Crippen molar-refractivity contribution in [3.05, 3.63) is 52.5 Å². The number of phenolic OH excluding ortho intramolecular Hbond substituents is 1. The number of ether oxygens (including phenoxy) is 1. The molecule has 6 heteroatoms. The minimum absolute atomic E-state index is 0.0293. The van der Waals surface area contributed by atoms with Crippen LogP contribution in [-0.4, -0.2) is 37.3 Å². The lowest BCUT2D eigenvalue weighted by Gasteiger charge is -2.29. The maximum Gasteiger partial charge on any atom is 0.176 e. The molecule has 4 nitrogen and oxygen atoms in total. The molecule has 2 aromatic rings. The minimum atomic E-state index is -0.0293. The van der Waals surface area contributed by atoms with E-state index >= 15 is 0 Å². The van der Waals surface area contributed by atoms with Crippen LogP contribution in [0.4, 0.5) is 0 Å². The molecule has 1 aliphatic rings. The number of Topliss-reactive ketones (excluding diaryl/α,β-unsaturated/α-hetero) is 1. The van der Waals surface area contributed by atoms with E-state index in [9.17, 15) is 9.90 Å². The maximum absolute atomic E-state index is 12.9. The summed E-state index contributed by atoms with van der Waals surface area (Å²) in [6.07, 6.45) is 3.99. The molecule has 0 aromatic heterocycles. The molecule has 0 spiro atoms. The van der Waals surface area contributed by atoms with Crippen LogP contribution in [0.2, 0.25) is 5.02 Å². The summed E-state index contributed by atoms with van der Waals surface area (Å²) in [5.74, 6) is 0.637. The average molecular weight is 407 g/mol. The number of thioether (sulfide) groups is 1. The largest absolute Gasteiger partial charge is 0.503 e. The van der Waals surface area contributed by atoms with Gasteiger partial charge >= 0.3 is 0 Å². The molecule has 1 fully saturated rings. The highest BCUT2D eigenvalue weighted by molar-refractivity contribution is 7.98. The lowest BCUT2D eigenvalue weighted by molar-refractivity contribution is -0.921. The second kappa shape index (κ2) is 9.00. The van der Waals surface area contributed by atoms with Crippen molar-refractivity contribution in [2.24, 2.45) is 5.92 Å². The number of hydrogen-bond donors (Lipinski definition) is 2. The Hall–Kier alpha value is -1.69. The molecule has 2 unspecified atom stereocenters. The highest BCUT2D eigenvalue weighted by Crippen LogP contribution is 2.34. The fourth-order valence-corrected chi connectivity index (χ4v) is 4.34. The number of rotatable bonds is 6. The molecule has 0 bridgehead atoms. The number of nitrogens with one attached hydrogen (secondary N) is 1. The summed E-state index contributed by atoms with van der Waals surface area (Å²) in [6, 6.07) is 11.5. The molecular formula is C21H25ClNO3S+. The highest BCUT2D eigenvalue weighted by Gasteiger charge is 2.29. The zero-order valence-electron chi connectivity index (χ0n) is 15.6. The summed E-state index contributed by atoms with van der Waals surface area (Å²) >= 11 is 7.78. The molecule has 144 valence electrons. The Morgan fingerprint density at radius 1 is 1.33 bits per heavy atom. The van der Waals surface area contributed by atoms with Crippen LogP contribution in [0.25, 0.3) is 0 Å². The van der Waals surface area contributed by atoms with Crippen molar-refractivity contribution in [2.45, 2.75) is 24.3 Å². The van der Waals surface area contributed by atoms with Gasteiger partial charge in [0.2, 0.25) is 0 Å². The standard InChI is InChI=1S/C21H24ClNO3S/c1-26-19-11-14(10-18(22)21(19)25)12-23-9-3-4-16(13-23)20(24)15-5-7-17(27-2)8-6-15/h5-8,10-11,16,25H,3-4,9,12-13H2,1-2H3/p+1. The summed E-state index contributed by atoms with van der Waals surface area (Å²) < 4.78 is 5.19. The molecule has 27 heavy (non-hydrogen) atoms. The number of halogens is 1. The van der Waals surface area contributed by atoms with Gasteiger partial charge in [0.15, 0.2) is 17.3 Å². The van der Waals surface area contributed by atoms with Gasteiger partial charge in [0.25, 0.3) is 0 Å². The van der Waals surface area contributed by atoms with Gasteiger partial charge in [0.05, 0.1) is 31.1 Å². The van der Waals surface area contributed by atoms with E-state index in [1.54, 1.807) is 17.8 Å². The number of aromatic hydroxyl groups is 1. The third-order valence-electron chi connectivity index (χ3n) is 5.13. The van der Waals surface area contributed by atoms with E-state index in [-0.39, 0.29) is 17.5 Å².